The molecule has 0 aliphatic heterocycles. The number of aromatic nitrogens is 2. The van der Waals surface area contributed by atoms with Gasteiger partial charge in [-0.3, -0.25) is 4.79 Å². The summed E-state index contributed by atoms with van der Waals surface area (Å²) in [7, 11) is 3.27. The molecule has 100 valence electrons. The van der Waals surface area contributed by atoms with Crippen LogP contribution in [-0.2, 0) is 0 Å². The number of carbonyl (C=O) groups is 1. The fourth-order valence-electron chi connectivity index (χ4n) is 1.37. The van der Waals surface area contributed by atoms with Crippen LogP contribution in [0, 0.1) is 0 Å². The van der Waals surface area contributed by atoms with Crippen molar-refractivity contribution in [3.63, 3.8) is 0 Å². The molecule has 0 spiro atoms. The number of anilines is 2. The van der Waals surface area contributed by atoms with Crippen LogP contribution in [0.2, 0.25) is 0 Å². The van der Waals surface area contributed by atoms with Crippen molar-refractivity contribution >= 4 is 44.0 Å². The number of nitrogens with zero attached hydrogens (tertiary/aromatic N) is 2. The van der Waals surface area contributed by atoms with Gasteiger partial charge in [0.25, 0.3) is 5.91 Å². The van der Waals surface area contributed by atoms with Crippen LogP contribution in [0.1, 0.15) is 9.80 Å². The van der Waals surface area contributed by atoms with Crippen molar-refractivity contribution in [3.8, 4) is 5.75 Å². The predicted molar refractivity (Wildman–Crippen MR) is 78.1 cm³/mol. The SMILES string of the molecule is CNc1nnc(C(=O)Nc2cc(Br)ccc2OC)s1. The summed E-state index contributed by atoms with van der Waals surface area (Å²) in [5.41, 5.74) is 0.572. The summed E-state index contributed by atoms with van der Waals surface area (Å²) in [6.07, 6.45) is 0. The summed E-state index contributed by atoms with van der Waals surface area (Å²) in [4.78, 5) is 12.0. The molecule has 0 bridgehead atoms. The first kappa shape index (κ1) is 13.8. The highest BCUT2D eigenvalue weighted by Gasteiger charge is 2.14. The zero-order valence-electron chi connectivity index (χ0n) is 10.2. The minimum atomic E-state index is -0.324. The summed E-state index contributed by atoms with van der Waals surface area (Å²) in [6, 6.07) is 5.36. The van der Waals surface area contributed by atoms with Gasteiger partial charge in [-0.2, -0.15) is 0 Å². The van der Waals surface area contributed by atoms with E-state index in [-0.39, 0.29) is 10.9 Å². The zero-order valence-corrected chi connectivity index (χ0v) is 12.6. The van der Waals surface area contributed by atoms with Gasteiger partial charge in [-0.25, -0.2) is 0 Å². The van der Waals surface area contributed by atoms with Crippen LogP contribution >= 0.6 is 27.3 Å². The molecule has 0 unspecified atom stereocenters. The lowest BCUT2D eigenvalue weighted by molar-refractivity contribution is 0.102. The third-order valence-electron chi connectivity index (χ3n) is 2.24. The molecule has 1 aromatic carbocycles. The maximum atomic E-state index is 12.0. The molecule has 0 aliphatic carbocycles. The van der Waals surface area contributed by atoms with Crippen molar-refractivity contribution in [2.45, 2.75) is 0 Å². The molecule has 8 heteroatoms. The van der Waals surface area contributed by atoms with E-state index in [1.807, 2.05) is 6.07 Å². The molecular formula is C11H11BrN4O2S. The molecule has 0 saturated carbocycles. The quantitative estimate of drug-likeness (QED) is 0.893. The van der Waals surface area contributed by atoms with E-state index >= 15 is 0 Å². The topological polar surface area (TPSA) is 76.1 Å². The number of ether oxygens (including phenoxy) is 1. The van der Waals surface area contributed by atoms with Crippen molar-refractivity contribution in [2.24, 2.45) is 0 Å². The normalized spacial score (nSPS) is 10.1. The van der Waals surface area contributed by atoms with Crippen LogP contribution in [0.3, 0.4) is 0 Å². The number of amides is 1. The Bertz CT molecular complexity index is 602. The average molecular weight is 343 g/mol. The van der Waals surface area contributed by atoms with Gasteiger partial charge in [0, 0.05) is 11.5 Å². The lowest BCUT2D eigenvalue weighted by Gasteiger charge is -2.09. The minimum absolute atomic E-state index is 0.284. The molecule has 2 aromatic rings. The van der Waals surface area contributed by atoms with Gasteiger partial charge in [0.05, 0.1) is 12.8 Å². The molecule has 0 aliphatic rings. The second kappa shape index (κ2) is 5.98. The molecule has 6 nitrogen and oxygen atoms in total. The standard InChI is InChI=1S/C11H11BrN4O2S/c1-13-11-16-15-10(19-11)9(17)14-7-5-6(12)3-4-8(7)18-2/h3-5H,1-2H3,(H,13,16)(H,14,17). The number of carbonyl (C=O) groups excluding carboxylic acids is 1. The predicted octanol–water partition coefficient (Wildman–Crippen LogP) is 2.60. The van der Waals surface area contributed by atoms with Crippen molar-refractivity contribution in [3.05, 3.63) is 27.7 Å². The smallest absolute Gasteiger partial charge is 0.286 e. The zero-order chi connectivity index (χ0) is 13.8. The van der Waals surface area contributed by atoms with E-state index in [4.69, 9.17) is 4.74 Å². The van der Waals surface area contributed by atoms with Gasteiger partial charge >= 0.3 is 0 Å². The van der Waals surface area contributed by atoms with Crippen molar-refractivity contribution in [2.75, 3.05) is 24.8 Å². The molecule has 1 amide bonds. The first-order valence-electron chi connectivity index (χ1n) is 5.30. The highest BCUT2D eigenvalue weighted by molar-refractivity contribution is 9.10. The van der Waals surface area contributed by atoms with Crippen LogP contribution in [0.15, 0.2) is 22.7 Å². The number of hydrogen-bond donors (Lipinski definition) is 2. The van der Waals surface area contributed by atoms with Gasteiger partial charge in [0.1, 0.15) is 5.75 Å². The molecule has 1 heterocycles. The highest BCUT2D eigenvalue weighted by Crippen LogP contribution is 2.28. The van der Waals surface area contributed by atoms with Crippen molar-refractivity contribution in [1.29, 1.82) is 0 Å². The van der Waals surface area contributed by atoms with Gasteiger partial charge in [0.2, 0.25) is 10.1 Å². The van der Waals surface area contributed by atoms with E-state index in [1.165, 1.54) is 11.3 Å². The third-order valence-corrected chi connectivity index (χ3v) is 3.68. The Hall–Kier alpha value is -1.67. The van der Waals surface area contributed by atoms with E-state index in [2.05, 4.69) is 36.8 Å². The first-order valence-corrected chi connectivity index (χ1v) is 6.91. The number of halogens is 1. The van der Waals surface area contributed by atoms with Crippen molar-refractivity contribution in [1.82, 2.24) is 10.2 Å². The molecule has 2 N–H and O–H groups in total. The third kappa shape index (κ3) is 3.21. The summed E-state index contributed by atoms with van der Waals surface area (Å²) >= 11 is 4.52. The van der Waals surface area contributed by atoms with Crippen LogP contribution in [0.5, 0.6) is 5.75 Å². The average Bonchev–Trinajstić information content (AvgIpc) is 2.88. The van der Waals surface area contributed by atoms with E-state index in [1.54, 1.807) is 26.3 Å². The number of hydrogen-bond acceptors (Lipinski definition) is 6. The molecular weight excluding hydrogens is 332 g/mol. The van der Waals surface area contributed by atoms with Gasteiger partial charge in [-0.15, -0.1) is 10.2 Å². The highest BCUT2D eigenvalue weighted by atomic mass is 79.9. The Morgan fingerprint density at radius 2 is 2.21 bits per heavy atom. The lowest BCUT2D eigenvalue weighted by Crippen LogP contribution is -2.12. The Morgan fingerprint density at radius 1 is 1.42 bits per heavy atom. The van der Waals surface area contributed by atoms with Crippen LogP contribution in [0.4, 0.5) is 10.8 Å². The van der Waals surface area contributed by atoms with Crippen LogP contribution < -0.4 is 15.4 Å². The Kier molecular flexibility index (Phi) is 4.33. The molecule has 0 fully saturated rings. The van der Waals surface area contributed by atoms with E-state index in [9.17, 15) is 4.79 Å². The van der Waals surface area contributed by atoms with Crippen molar-refractivity contribution < 1.29 is 9.53 Å². The minimum Gasteiger partial charge on any atom is -0.495 e. The summed E-state index contributed by atoms with van der Waals surface area (Å²) in [6.45, 7) is 0. The first-order chi connectivity index (χ1) is 9.13. The number of nitrogens with one attached hydrogen (secondary N) is 2. The largest absolute Gasteiger partial charge is 0.495 e. The maximum absolute atomic E-state index is 12.0. The Labute approximate surface area is 122 Å². The second-order valence-electron chi connectivity index (χ2n) is 3.46. The Balaban J connectivity index is 2.20. The lowest BCUT2D eigenvalue weighted by atomic mass is 10.3. The number of rotatable bonds is 4. The number of methoxy groups -OCH3 is 1. The van der Waals surface area contributed by atoms with Crippen LogP contribution in [-0.4, -0.2) is 30.3 Å². The van der Waals surface area contributed by atoms with Gasteiger partial charge in [0.15, 0.2) is 0 Å². The maximum Gasteiger partial charge on any atom is 0.286 e. The summed E-state index contributed by atoms with van der Waals surface area (Å²) in [5, 5.41) is 14.1. The van der Waals surface area contributed by atoms with E-state index < -0.39 is 0 Å². The van der Waals surface area contributed by atoms with E-state index in [0.29, 0.717) is 16.6 Å². The molecule has 0 radical (unpaired) electrons. The van der Waals surface area contributed by atoms with Crippen LogP contribution in [0.25, 0.3) is 0 Å². The summed E-state index contributed by atoms with van der Waals surface area (Å²) in [5.74, 6) is 0.255. The fraction of sp³-hybridized carbons (Fsp3) is 0.182. The fourth-order valence-corrected chi connectivity index (χ4v) is 2.32. The number of benzene rings is 1. The molecule has 19 heavy (non-hydrogen) atoms. The van der Waals surface area contributed by atoms with E-state index in [0.717, 1.165) is 4.47 Å². The molecule has 0 saturated heterocycles. The molecule has 1 aromatic heterocycles. The Morgan fingerprint density at radius 3 is 2.84 bits per heavy atom. The monoisotopic (exact) mass is 342 g/mol. The van der Waals surface area contributed by atoms with Gasteiger partial charge in [-0.1, -0.05) is 27.3 Å². The molecule has 0 atom stereocenters. The molecule has 2 rings (SSSR count). The van der Waals surface area contributed by atoms with Gasteiger partial charge in [-0.05, 0) is 18.2 Å². The summed E-state index contributed by atoms with van der Waals surface area (Å²) < 4.78 is 6.03. The second-order valence-corrected chi connectivity index (χ2v) is 5.35. The van der Waals surface area contributed by atoms with Gasteiger partial charge < -0.3 is 15.4 Å².